The van der Waals surface area contributed by atoms with Crippen molar-refractivity contribution in [1.29, 1.82) is 0 Å². The lowest BCUT2D eigenvalue weighted by atomic mass is 10.2. The zero-order valence-corrected chi connectivity index (χ0v) is 17.2. The Labute approximate surface area is 175 Å². The Morgan fingerprint density at radius 2 is 2.17 bits per heavy atom. The van der Waals surface area contributed by atoms with Gasteiger partial charge in [0.15, 0.2) is 6.23 Å². The molecule has 8 nitrogen and oxygen atoms in total. The van der Waals surface area contributed by atoms with E-state index in [1.165, 1.54) is 0 Å². The molecule has 0 radical (unpaired) electrons. The number of ether oxygens (including phenoxy) is 1. The van der Waals surface area contributed by atoms with E-state index < -0.39 is 12.3 Å². The molecule has 9 heteroatoms. The number of carbonyl (C=O) groups excluding carboxylic acids is 2. The van der Waals surface area contributed by atoms with Gasteiger partial charge in [0.25, 0.3) is 0 Å². The highest BCUT2D eigenvalue weighted by Crippen LogP contribution is 2.27. The van der Waals surface area contributed by atoms with Crippen molar-refractivity contribution in [1.82, 2.24) is 9.88 Å². The quantitative estimate of drug-likeness (QED) is 0.644. The molecule has 29 heavy (non-hydrogen) atoms. The number of amides is 4. The maximum absolute atomic E-state index is 13.0. The second-order valence-corrected chi connectivity index (χ2v) is 7.10. The first kappa shape index (κ1) is 20.8. The van der Waals surface area contributed by atoms with E-state index in [9.17, 15) is 9.59 Å². The lowest BCUT2D eigenvalue weighted by Gasteiger charge is -2.29. The summed E-state index contributed by atoms with van der Waals surface area (Å²) in [5, 5.41) is 0. The van der Waals surface area contributed by atoms with Gasteiger partial charge in [-0.05, 0) is 30.7 Å². The number of primary amides is 1. The summed E-state index contributed by atoms with van der Waals surface area (Å²) < 4.78 is 7.22. The molecule has 0 spiro atoms. The maximum Gasteiger partial charge on any atom is 0.329 e. The molecule has 1 aliphatic heterocycles. The predicted octanol–water partition coefficient (Wildman–Crippen LogP) is 3.65. The first-order valence-corrected chi connectivity index (χ1v) is 9.94. The van der Waals surface area contributed by atoms with Gasteiger partial charge in [0.2, 0.25) is 0 Å². The van der Waals surface area contributed by atoms with Crippen molar-refractivity contribution in [2.75, 3.05) is 22.3 Å². The van der Waals surface area contributed by atoms with Gasteiger partial charge in [-0.2, -0.15) is 0 Å². The molecule has 1 saturated heterocycles. The minimum absolute atomic E-state index is 0.108. The Kier molecular flexibility index (Phi) is 6.82. The predicted molar refractivity (Wildman–Crippen MR) is 115 cm³/mol. The van der Waals surface area contributed by atoms with Crippen LogP contribution in [0.15, 0.2) is 48.8 Å². The SMILES string of the molecule is CCCCC(Oc1cccc(N(S)C(N)=O)c1)N1CCN(c2cccnc2)C1=O. The van der Waals surface area contributed by atoms with E-state index in [1.807, 2.05) is 12.1 Å². The second kappa shape index (κ2) is 9.51. The molecule has 0 aliphatic carbocycles. The van der Waals surface area contributed by atoms with Crippen LogP contribution in [0.5, 0.6) is 5.75 Å². The van der Waals surface area contributed by atoms with Crippen LogP contribution in [-0.2, 0) is 0 Å². The average Bonchev–Trinajstić information content (AvgIpc) is 3.12. The van der Waals surface area contributed by atoms with Gasteiger partial charge in [-0.3, -0.25) is 14.8 Å². The van der Waals surface area contributed by atoms with Crippen LogP contribution in [0.25, 0.3) is 0 Å². The molecule has 1 atom stereocenters. The van der Waals surface area contributed by atoms with Gasteiger partial charge < -0.3 is 10.5 Å². The minimum atomic E-state index is -0.685. The third-order valence-corrected chi connectivity index (χ3v) is 5.12. The number of unbranched alkanes of at least 4 members (excludes halogenated alkanes) is 1. The first-order valence-electron chi connectivity index (χ1n) is 9.54. The summed E-state index contributed by atoms with van der Waals surface area (Å²) in [5.41, 5.74) is 6.54. The van der Waals surface area contributed by atoms with Crippen molar-refractivity contribution in [3.05, 3.63) is 48.8 Å². The zero-order valence-electron chi connectivity index (χ0n) is 16.3. The monoisotopic (exact) mass is 415 g/mol. The van der Waals surface area contributed by atoms with Gasteiger partial charge in [-0.15, -0.1) is 0 Å². The fourth-order valence-corrected chi connectivity index (χ4v) is 3.33. The highest BCUT2D eigenvalue weighted by atomic mass is 32.1. The molecule has 1 aromatic heterocycles. The van der Waals surface area contributed by atoms with Crippen molar-refractivity contribution in [2.24, 2.45) is 5.73 Å². The molecule has 2 N–H and O–H groups in total. The number of hydrogen-bond acceptors (Lipinski definition) is 5. The molecule has 1 fully saturated rings. The van der Waals surface area contributed by atoms with Crippen LogP contribution in [0.2, 0.25) is 0 Å². The molecular weight excluding hydrogens is 390 g/mol. The van der Waals surface area contributed by atoms with Gasteiger partial charge in [-0.1, -0.05) is 32.2 Å². The summed E-state index contributed by atoms with van der Waals surface area (Å²) in [6, 6.07) is 9.80. The fraction of sp³-hybridized carbons (Fsp3) is 0.350. The summed E-state index contributed by atoms with van der Waals surface area (Å²) in [6.07, 6.45) is 5.55. The third kappa shape index (κ3) is 4.92. The van der Waals surface area contributed by atoms with E-state index >= 15 is 0 Å². The maximum atomic E-state index is 13.0. The van der Waals surface area contributed by atoms with Crippen LogP contribution >= 0.6 is 12.8 Å². The van der Waals surface area contributed by atoms with Gasteiger partial charge >= 0.3 is 12.1 Å². The van der Waals surface area contributed by atoms with E-state index in [0.29, 0.717) is 30.9 Å². The van der Waals surface area contributed by atoms with Crippen LogP contribution in [0.3, 0.4) is 0 Å². The van der Waals surface area contributed by atoms with Crippen molar-refractivity contribution < 1.29 is 14.3 Å². The van der Waals surface area contributed by atoms with Crippen LogP contribution in [0.4, 0.5) is 21.0 Å². The van der Waals surface area contributed by atoms with Crippen molar-refractivity contribution in [3.8, 4) is 5.75 Å². The van der Waals surface area contributed by atoms with Crippen molar-refractivity contribution >= 4 is 36.3 Å². The third-order valence-electron chi connectivity index (χ3n) is 4.69. The number of pyridine rings is 1. The summed E-state index contributed by atoms with van der Waals surface area (Å²) in [7, 11) is 0. The highest BCUT2D eigenvalue weighted by Gasteiger charge is 2.35. The molecule has 3 rings (SSSR count). The fourth-order valence-electron chi connectivity index (χ4n) is 3.20. The van der Waals surface area contributed by atoms with Gasteiger partial charge in [0.05, 0.1) is 17.6 Å². The van der Waals surface area contributed by atoms with Crippen LogP contribution in [0, 0.1) is 0 Å². The number of aromatic nitrogens is 1. The number of anilines is 2. The summed E-state index contributed by atoms with van der Waals surface area (Å²) >= 11 is 4.09. The van der Waals surface area contributed by atoms with Crippen LogP contribution in [-0.4, -0.2) is 41.3 Å². The molecule has 0 bridgehead atoms. The number of benzene rings is 1. The number of hydrogen-bond donors (Lipinski definition) is 2. The molecule has 2 heterocycles. The van der Waals surface area contributed by atoms with Crippen molar-refractivity contribution in [2.45, 2.75) is 32.4 Å². The Balaban J connectivity index is 1.78. The number of thiol groups is 1. The van der Waals surface area contributed by atoms with Gasteiger partial charge in [0.1, 0.15) is 5.75 Å². The number of nitrogens with zero attached hydrogens (tertiary/aromatic N) is 4. The second-order valence-electron chi connectivity index (χ2n) is 6.70. The number of carbonyl (C=O) groups is 2. The molecule has 1 aromatic carbocycles. The molecule has 4 amide bonds. The normalized spacial score (nSPS) is 14.8. The van der Waals surface area contributed by atoms with Crippen molar-refractivity contribution in [3.63, 3.8) is 0 Å². The topological polar surface area (TPSA) is 92.0 Å². The molecule has 1 unspecified atom stereocenters. The summed E-state index contributed by atoms with van der Waals surface area (Å²) in [4.78, 5) is 31.9. The van der Waals surface area contributed by atoms with E-state index in [1.54, 1.807) is 46.5 Å². The number of urea groups is 2. The van der Waals surface area contributed by atoms with E-state index in [0.717, 1.165) is 22.8 Å². The van der Waals surface area contributed by atoms with Gasteiger partial charge in [-0.25, -0.2) is 13.9 Å². The van der Waals surface area contributed by atoms with Crippen LogP contribution in [0.1, 0.15) is 26.2 Å². The molecular formula is C20H25N5O3S. The Bertz CT molecular complexity index is 851. The van der Waals surface area contributed by atoms with E-state index in [-0.39, 0.29) is 6.03 Å². The highest BCUT2D eigenvalue weighted by molar-refractivity contribution is 7.82. The first-order chi connectivity index (χ1) is 14.0. The van der Waals surface area contributed by atoms with Crippen LogP contribution < -0.4 is 19.7 Å². The number of rotatable bonds is 8. The summed E-state index contributed by atoms with van der Waals surface area (Å²) in [6.45, 7) is 3.22. The molecule has 154 valence electrons. The Hall–Kier alpha value is -2.94. The summed E-state index contributed by atoms with van der Waals surface area (Å²) in [5.74, 6) is 0.538. The smallest absolute Gasteiger partial charge is 0.329 e. The lowest BCUT2D eigenvalue weighted by molar-refractivity contribution is 0.0579. The Morgan fingerprint density at radius 1 is 1.34 bits per heavy atom. The lowest BCUT2D eigenvalue weighted by Crippen LogP contribution is -2.42. The van der Waals surface area contributed by atoms with E-state index in [4.69, 9.17) is 10.5 Å². The zero-order chi connectivity index (χ0) is 20.8. The standard InChI is InChI=1S/C20H25N5O3S/c1-2-3-9-18(28-17-8-4-6-15(13-17)25(29)19(21)26)24-12-11-23(20(24)27)16-7-5-10-22-14-16/h4-8,10,13-14,18,29H,2-3,9,11-12H2,1H3,(H2,21,26). The molecule has 2 aromatic rings. The Morgan fingerprint density at radius 3 is 2.86 bits per heavy atom. The molecule has 1 aliphatic rings. The average molecular weight is 416 g/mol. The molecule has 0 saturated carbocycles. The minimum Gasteiger partial charge on any atom is -0.470 e. The van der Waals surface area contributed by atoms with E-state index in [2.05, 4.69) is 24.7 Å². The largest absolute Gasteiger partial charge is 0.470 e. The number of nitrogens with two attached hydrogens (primary N) is 1. The van der Waals surface area contributed by atoms with Gasteiger partial charge in [0, 0.05) is 31.8 Å².